The average Bonchev–Trinajstić information content (AvgIpc) is 2.80. The van der Waals surface area contributed by atoms with Crippen molar-refractivity contribution < 1.29 is 18.7 Å². The second-order valence-corrected chi connectivity index (χ2v) is 8.68. The zero-order valence-electron chi connectivity index (χ0n) is 18.6. The van der Waals surface area contributed by atoms with Crippen molar-refractivity contribution in [3.05, 3.63) is 64.4 Å². The maximum atomic E-state index is 14.3. The fraction of sp³-hybridized carbons (Fsp3) is 0.440. The highest BCUT2D eigenvalue weighted by Crippen LogP contribution is 2.23. The van der Waals surface area contributed by atoms with Crippen LogP contribution in [-0.4, -0.2) is 35.9 Å². The summed E-state index contributed by atoms with van der Waals surface area (Å²) in [7, 11) is 1.57. The lowest BCUT2D eigenvalue weighted by Gasteiger charge is -2.31. The Balaban J connectivity index is 1.82. The first-order valence-electron chi connectivity index (χ1n) is 11.0. The summed E-state index contributed by atoms with van der Waals surface area (Å²) in [6, 6.07) is 11.1. The van der Waals surface area contributed by atoms with Crippen LogP contribution in [0, 0.1) is 5.82 Å². The van der Waals surface area contributed by atoms with E-state index in [9.17, 15) is 14.0 Å². The number of hydrogen-bond donors (Lipinski definition) is 1. The van der Waals surface area contributed by atoms with Gasteiger partial charge in [0.05, 0.1) is 13.5 Å². The molecule has 5 nitrogen and oxygen atoms in total. The first-order chi connectivity index (χ1) is 15.4. The van der Waals surface area contributed by atoms with Crippen LogP contribution in [0.4, 0.5) is 4.39 Å². The highest BCUT2D eigenvalue weighted by molar-refractivity contribution is 6.31. The van der Waals surface area contributed by atoms with Gasteiger partial charge in [-0.1, -0.05) is 49.1 Å². The summed E-state index contributed by atoms with van der Waals surface area (Å²) in [5.41, 5.74) is 0.948. The monoisotopic (exact) mass is 460 g/mol. The molecule has 0 unspecified atom stereocenters. The molecule has 172 valence electrons. The van der Waals surface area contributed by atoms with Gasteiger partial charge in [-0.15, -0.1) is 0 Å². The number of halogens is 2. The van der Waals surface area contributed by atoms with Crippen molar-refractivity contribution in [3.63, 3.8) is 0 Å². The van der Waals surface area contributed by atoms with Crippen molar-refractivity contribution >= 4 is 23.4 Å². The summed E-state index contributed by atoms with van der Waals surface area (Å²) in [5.74, 6) is -0.447. The summed E-state index contributed by atoms with van der Waals surface area (Å²) in [6.07, 6.45) is 5.05. The molecule has 0 radical (unpaired) electrons. The van der Waals surface area contributed by atoms with E-state index in [0.29, 0.717) is 5.75 Å². The summed E-state index contributed by atoms with van der Waals surface area (Å²) in [5, 5.41) is 3.28. The zero-order chi connectivity index (χ0) is 23.1. The van der Waals surface area contributed by atoms with Crippen molar-refractivity contribution in [1.82, 2.24) is 10.2 Å². The van der Waals surface area contributed by atoms with Crippen LogP contribution in [0.5, 0.6) is 5.75 Å². The van der Waals surface area contributed by atoms with Crippen LogP contribution < -0.4 is 10.1 Å². The van der Waals surface area contributed by atoms with Crippen molar-refractivity contribution in [1.29, 1.82) is 0 Å². The van der Waals surface area contributed by atoms with E-state index in [2.05, 4.69) is 5.32 Å². The minimum Gasteiger partial charge on any atom is -0.497 e. The lowest BCUT2D eigenvalue weighted by Crippen LogP contribution is -2.50. The smallest absolute Gasteiger partial charge is 0.242 e. The SMILES string of the molecule is COc1cccc(CN(C(=O)Cc2c(F)cccc2Cl)[C@H](C)C(=O)NC2CCCCC2)c1. The number of rotatable bonds is 8. The summed E-state index contributed by atoms with van der Waals surface area (Å²) in [4.78, 5) is 27.8. The summed E-state index contributed by atoms with van der Waals surface area (Å²) >= 11 is 6.14. The molecule has 3 rings (SSSR count). The quantitative estimate of drug-likeness (QED) is 0.609. The fourth-order valence-electron chi connectivity index (χ4n) is 4.07. The van der Waals surface area contributed by atoms with Crippen molar-refractivity contribution in [2.24, 2.45) is 0 Å². The molecule has 0 spiro atoms. The number of ether oxygens (including phenoxy) is 1. The Hall–Kier alpha value is -2.60. The van der Waals surface area contributed by atoms with E-state index < -0.39 is 11.9 Å². The Kier molecular flexibility index (Phi) is 8.51. The third-order valence-corrected chi connectivity index (χ3v) is 6.35. The molecule has 1 aliphatic carbocycles. The Morgan fingerprint density at radius 1 is 1.19 bits per heavy atom. The second kappa shape index (κ2) is 11.3. The second-order valence-electron chi connectivity index (χ2n) is 8.27. The van der Waals surface area contributed by atoms with Crippen LogP contribution in [0.15, 0.2) is 42.5 Å². The van der Waals surface area contributed by atoms with Crippen molar-refractivity contribution in [2.45, 2.75) is 64.1 Å². The molecule has 7 heteroatoms. The molecule has 0 aromatic heterocycles. The number of nitrogens with zero attached hydrogens (tertiary/aromatic N) is 1. The largest absolute Gasteiger partial charge is 0.497 e. The molecule has 2 amide bonds. The van der Waals surface area contributed by atoms with Crippen molar-refractivity contribution in [2.75, 3.05) is 7.11 Å². The minimum atomic E-state index is -0.721. The highest BCUT2D eigenvalue weighted by Gasteiger charge is 2.29. The number of benzene rings is 2. The van der Waals surface area contributed by atoms with Gasteiger partial charge in [-0.05, 0) is 49.6 Å². The van der Waals surface area contributed by atoms with Crippen LogP contribution >= 0.6 is 11.6 Å². The van der Waals surface area contributed by atoms with Crippen LogP contribution in [0.1, 0.15) is 50.2 Å². The van der Waals surface area contributed by atoms with E-state index >= 15 is 0 Å². The highest BCUT2D eigenvalue weighted by atomic mass is 35.5. The van der Waals surface area contributed by atoms with Gasteiger partial charge in [-0.25, -0.2) is 4.39 Å². The normalized spacial score (nSPS) is 15.1. The molecule has 2 aromatic carbocycles. The molecule has 0 aliphatic heterocycles. The van der Waals surface area contributed by atoms with Gasteiger partial charge in [-0.3, -0.25) is 9.59 Å². The van der Waals surface area contributed by atoms with Crippen LogP contribution in [-0.2, 0) is 22.6 Å². The van der Waals surface area contributed by atoms with Crippen LogP contribution in [0.25, 0.3) is 0 Å². The molecule has 1 atom stereocenters. The van der Waals surface area contributed by atoms with E-state index in [0.717, 1.165) is 31.2 Å². The standard InChI is InChI=1S/C25H30ClFN2O3/c1-17(25(31)28-19-9-4-3-5-10-19)29(16-18-8-6-11-20(14-18)32-2)24(30)15-21-22(26)12-7-13-23(21)27/h6-8,11-14,17,19H,3-5,9-10,15-16H2,1-2H3,(H,28,31)/t17-/m1/s1. The molecule has 1 aliphatic rings. The Labute approximate surface area is 193 Å². The van der Waals surface area contributed by atoms with Gasteiger partial charge < -0.3 is 15.0 Å². The topological polar surface area (TPSA) is 58.6 Å². The maximum absolute atomic E-state index is 14.3. The zero-order valence-corrected chi connectivity index (χ0v) is 19.3. The first-order valence-corrected chi connectivity index (χ1v) is 11.4. The van der Waals surface area contributed by atoms with E-state index in [1.54, 1.807) is 20.1 Å². The molecular formula is C25H30ClFN2O3. The molecule has 1 fully saturated rings. The number of nitrogens with one attached hydrogen (secondary N) is 1. The third-order valence-electron chi connectivity index (χ3n) is 6.00. The molecular weight excluding hydrogens is 431 g/mol. The van der Waals surface area contributed by atoms with Gasteiger partial charge in [0.15, 0.2) is 0 Å². The molecule has 32 heavy (non-hydrogen) atoms. The van der Waals surface area contributed by atoms with Gasteiger partial charge in [-0.2, -0.15) is 0 Å². The molecule has 0 heterocycles. The Morgan fingerprint density at radius 2 is 1.91 bits per heavy atom. The van der Waals surface area contributed by atoms with Gasteiger partial charge in [0, 0.05) is 23.2 Å². The maximum Gasteiger partial charge on any atom is 0.242 e. The van der Waals surface area contributed by atoms with Crippen LogP contribution in [0.3, 0.4) is 0 Å². The molecule has 1 saturated carbocycles. The Bertz CT molecular complexity index is 926. The predicted octanol–water partition coefficient (Wildman–Crippen LogP) is 4.90. The van der Waals surface area contributed by atoms with Crippen LogP contribution in [0.2, 0.25) is 5.02 Å². The summed E-state index contributed by atoms with van der Waals surface area (Å²) < 4.78 is 19.6. The average molecular weight is 461 g/mol. The van der Waals surface area contributed by atoms with Gasteiger partial charge in [0.2, 0.25) is 11.8 Å². The minimum absolute atomic E-state index is 0.133. The van der Waals surface area contributed by atoms with E-state index in [4.69, 9.17) is 16.3 Å². The van der Waals surface area contributed by atoms with Gasteiger partial charge in [0.25, 0.3) is 0 Å². The van der Waals surface area contributed by atoms with Gasteiger partial charge >= 0.3 is 0 Å². The Morgan fingerprint density at radius 3 is 2.59 bits per heavy atom. The predicted molar refractivity (Wildman–Crippen MR) is 123 cm³/mol. The van der Waals surface area contributed by atoms with Crippen molar-refractivity contribution in [3.8, 4) is 5.75 Å². The number of methoxy groups -OCH3 is 1. The molecule has 1 N–H and O–H groups in total. The molecule has 0 bridgehead atoms. The van der Waals surface area contributed by atoms with Gasteiger partial charge in [0.1, 0.15) is 17.6 Å². The lowest BCUT2D eigenvalue weighted by atomic mass is 9.95. The third kappa shape index (κ3) is 6.22. The lowest BCUT2D eigenvalue weighted by molar-refractivity contribution is -0.140. The van der Waals surface area contributed by atoms with E-state index in [1.807, 2.05) is 24.3 Å². The molecule has 0 saturated heterocycles. The van der Waals surface area contributed by atoms with E-state index in [1.165, 1.54) is 23.5 Å². The number of amides is 2. The number of carbonyl (C=O) groups excluding carboxylic acids is 2. The summed E-state index contributed by atoms with van der Waals surface area (Å²) in [6.45, 7) is 1.90. The first kappa shape index (κ1) is 24.1. The number of carbonyl (C=O) groups is 2. The molecule has 2 aromatic rings. The number of hydrogen-bond acceptors (Lipinski definition) is 3. The van der Waals surface area contributed by atoms with E-state index in [-0.39, 0.29) is 41.4 Å². The fourth-order valence-corrected chi connectivity index (χ4v) is 4.30.